The third kappa shape index (κ3) is 8.50. The van der Waals surface area contributed by atoms with Gasteiger partial charge < -0.3 is 20.8 Å². The van der Waals surface area contributed by atoms with Gasteiger partial charge in [-0.2, -0.15) is 43.9 Å². The number of piperazine rings is 1. The second-order valence-corrected chi connectivity index (χ2v) is 4.25. The van der Waals surface area contributed by atoms with E-state index in [1.807, 2.05) is 0 Å². The Bertz CT molecular complexity index is 412. The summed E-state index contributed by atoms with van der Waals surface area (Å²) in [6.45, 7) is 4.56. The molecule has 0 amide bonds. The lowest BCUT2D eigenvalue weighted by molar-refractivity contribution is -0.278. The van der Waals surface area contributed by atoms with Crippen molar-refractivity contribution in [2.24, 2.45) is 0 Å². The Balaban J connectivity index is 0. The molecule has 1 saturated heterocycles. The molecule has 1 aliphatic rings. The van der Waals surface area contributed by atoms with Crippen LogP contribution in [0.3, 0.4) is 0 Å². The van der Waals surface area contributed by atoms with E-state index < -0.39 is 36.1 Å². The van der Waals surface area contributed by atoms with Crippen LogP contribution < -0.4 is 10.6 Å². The minimum absolute atomic E-state index is 1.14. The highest BCUT2D eigenvalue weighted by Gasteiger charge is 2.64. The molecular formula is C10H12F10N2O4. The van der Waals surface area contributed by atoms with E-state index in [9.17, 15) is 53.5 Å². The van der Waals surface area contributed by atoms with E-state index in [0.717, 1.165) is 26.2 Å². The Morgan fingerprint density at radius 2 is 0.769 bits per heavy atom. The minimum Gasteiger partial charge on any atom is -0.477 e. The number of hydrogen-bond acceptors (Lipinski definition) is 4. The number of carboxylic acid groups (broad SMARTS) is 2. The molecule has 0 aromatic heterocycles. The smallest absolute Gasteiger partial charge is 0.465 e. The second-order valence-electron chi connectivity index (χ2n) is 4.25. The number of carbonyl (C=O) groups is 2. The lowest BCUT2D eigenvalue weighted by atomic mass is 10.3. The maximum absolute atomic E-state index is 11.3. The normalized spacial score (nSPS) is 15.8. The summed E-state index contributed by atoms with van der Waals surface area (Å²) in [6.07, 6.45) is -12.0. The van der Waals surface area contributed by atoms with Crippen LogP contribution in [0.15, 0.2) is 0 Å². The van der Waals surface area contributed by atoms with Gasteiger partial charge in [-0.15, -0.1) is 0 Å². The highest BCUT2D eigenvalue weighted by Crippen LogP contribution is 2.35. The molecule has 26 heavy (non-hydrogen) atoms. The Kier molecular flexibility index (Phi) is 9.89. The molecule has 1 fully saturated rings. The van der Waals surface area contributed by atoms with Crippen LogP contribution in [0.4, 0.5) is 43.9 Å². The van der Waals surface area contributed by atoms with Crippen LogP contribution in [0, 0.1) is 0 Å². The molecule has 6 nitrogen and oxygen atoms in total. The standard InChI is InChI=1S/C4H10N2.2C3HF5O2/c1-2-6-4-3-5-1;2*4-2(5,1(9)10)3(6,7)8/h5-6H,1-4H2;2*(H,9,10). The lowest BCUT2D eigenvalue weighted by Crippen LogP contribution is -2.43. The zero-order valence-corrected chi connectivity index (χ0v) is 12.3. The zero-order valence-electron chi connectivity index (χ0n) is 12.3. The third-order valence-electron chi connectivity index (χ3n) is 2.21. The van der Waals surface area contributed by atoms with Crippen molar-refractivity contribution in [3.63, 3.8) is 0 Å². The fourth-order valence-corrected chi connectivity index (χ4v) is 0.846. The summed E-state index contributed by atoms with van der Waals surface area (Å²) < 4.78 is 111. The van der Waals surface area contributed by atoms with Crippen molar-refractivity contribution in [2.75, 3.05) is 26.2 Å². The predicted octanol–water partition coefficient (Wildman–Crippen LogP) is 1.72. The van der Waals surface area contributed by atoms with Gasteiger partial charge in [0, 0.05) is 26.2 Å². The van der Waals surface area contributed by atoms with Gasteiger partial charge in [0.1, 0.15) is 0 Å². The highest BCUT2D eigenvalue weighted by molar-refractivity contribution is 5.76. The van der Waals surface area contributed by atoms with Gasteiger partial charge in [-0.05, 0) is 0 Å². The monoisotopic (exact) mass is 414 g/mol. The molecule has 1 rings (SSSR count). The highest BCUT2D eigenvalue weighted by atomic mass is 19.4. The van der Waals surface area contributed by atoms with Crippen molar-refractivity contribution in [1.29, 1.82) is 0 Å². The van der Waals surface area contributed by atoms with Crippen molar-refractivity contribution in [2.45, 2.75) is 24.2 Å². The van der Waals surface area contributed by atoms with Gasteiger partial charge >= 0.3 is 36.1 Å². The van der Waals surface area contributed by atoms with E-state index in [0.29, 0.717) is 0 Å². The maximum atomic E-state index is 11.3. The average Bonchev–Trinajstić information content (AvgIpc) is 2.47. The number of alkyl halides is 10. The first-order valence-corrected chi connectivity index (χ1v) is 6.16. The van der Waals surface area contributed by atoms with Gasteiger partial charge in [0.2, 0.25) is 0 Å². The first-order valence-electron chi connectivity index (χ1n) is 6.16. The lowest BCUT2D eigenvalue weighted by Gasteiger charge is -2.13. The van der Waals surface area contributed by atoms with Crippen LogP contribution in [0.25, 0.3) is 0 Å². The van der Waals surface area contributed by atoms with Crippen LogP contribution in [-0.2, 0) is 9.59 Å². The minimum atomic E-state index is -6.02. The van der Waals surface area contributed by atoms with E-state index in [2.05, 4.69) is 10.6 Å². The molecule has 0 unspecified atom stereocenters. The molecule has 0 radical (unpaired) electrons. The second kappa shape index (κ2) is 9.75. The molecule has 16 heteroatoms. The van der Waals surface area contributed by atoms with Gasteiger partial charge in [0.15, 0.2) is 0 Å². The first-order chi connectivity index (χ1) is 11.4. The Morgan fingerprint density at radius 1 is 0.577 bits per heavy atom. The number of aliphatic carboxylic acids is 2. The number of rotatable bonds is 2. The van der Waals surface area contributed by atoms with Crippen LogP contribution in [-0.4, -0.2) is 72.5 Å². The number of carboxylic acids is 2. The molecule has 0 spiro atoms. The molecule has 0 aromatic rings. The van der Waals surface area contributed by atoms with Gasteiger partial charge in [0.05, 0.1) is 0 Å². The number of halogens is 10. The Labute approximate surface area is 138 Å². The Morgan fingerprint density at radius 3 is 0.808 bits per heavy atom. The van der Waals surface area contributed by atoms with E-state index in [-0.39, 0.29) is 0 Å². The number of hydrogen-bond donors (Lipinski definition) is 4. The van der Waals surface area contributed by atoms with E-state index in [1.54, 1.807) is 0 Å². The summed E-state index contributed by atoms with van der Waals surface area (Å²) in [7, 11) is 0. The van der Waals surface area contributed by atoms with E-state index in [1.165, 1.54) is 0 Å². The molecule has 156 valence electrons. The summed E-state index contributed by atoms with van der Waals surface area (Å²) in [4.78, 5) is 18.4. The quantitative estimate of drug-likeness (QED) is 0.514. The summed E-state index contributed by atoms with van der Waals surface area (Å²) in [5, 5.41) is 21.1. The summed E-state index contributed by atoms with van der Waals surface area (Å²) >= 11 is 0. The molecular weight excluding hydrogens is 402 g/mol. The van der Waals surface area contributed by atoms with Crippen molar-refractivity contribution < 1.29 is 63.7 Å². The SMILES string of the molecule is C1CNCCN1.O=C(O)C(F)(F)C(F)(F)F.O=C(O)C(F)(F)C(F)(F)F. The average molecular weight is 414 g/mol. The van der Waals surface area contributed by atoms with Crippen molar-refractivity contribution in [1.82, 2.24) is 10.6 Å². The maximum Gasteiger partial charge on any atom is 0.465 e. The molecule has 0 atom stereocenters. The van der Waals surface area contributed by atoms with Gasteiger partial charge in [-0.1, -0.05) is 0 Å². The molecule has 4 N–H and O–H groups in total. The summed E-state index contributed by atoms with van der Waals surface area (Å²) in [6, 6.07) is 0. The fraction of sp³-hybridized carbons (Fsp3) is 0.800. The molecule has 0 saturated carbocycles. The van der Waals surface area contributed by atoms with Crippen molar-refractivity contribution in [3.8, 4) is 0 Å². The van der Waals surface area contributed by atoms with E-state index in [4.69, 9.17) is 10.2 Å². The van der Waals surface area contributed by atoms with Gasteiger partial charge in [0.25, 0.3) is 0 Å². The van der Waals surface area contributed by atoms with Crippen LogP contribution >= 0.6 is 0 Å². The van der Waals surface area contributed by atoms with Crippen molar-refractivity contribution in [3.05, 3.63) is 0 Å². The fourth-order valence-electron chi connectivity index (χ4n) is 0.846. The zero-order chi connectivity index (χ0) is 21.4. The van der Waals surface area contributed by atoms with Crippen LogP contribution in [0.2, 0.25) is 0 Å². The molecule has 1 aliphatic heterocycles. The molecule has 0 aromatic carbocycles. The van der Waals surface area contributed by atoms with E-state index >= 15 is 0 Å². The van der Waals surface area contributed by atoms with Crippen LogP contribution in [0.1, 0.15) is 0 Å². The first kappa shape index (κ1) is 26.4. The Hall–Kier alpha value is -1.84. The molecule has 0 bridgehead atoms. The number of nitrogens with one attached hydrogen (secondary N) is 2. The largest absolute Gasteiger partial charge is 0.477 e. The summed E-state index contributed by atoms with van der Waals surface area (Å²) in [5.41, 5.74) is 0. The van der Waals surface area contributed by atoms with Crippen molar-refractivity contribution >= 4 is 11.9 Å². The molecule has 1 heterocycles. The van der Waals surface area contributed by atoms with Gasteiger partial charge in [-0.25, -0.2) is 9.59 Å². The topological polar surface area (TPSA) is 98.7 Å². The summed E-state index contributed by atoms with van der Waals surface area (Å²) in [5.74, 6) is -17.7. The van der Waals surface area contributed by atoms with Gasteiger partial charge in [-0.3, -0.25) is 0 Å². The third-order valence-corrected chi connectivity index (χ3v) is 2.21. The predicted molar refractivity (Wildman–Crippen MR) is 63.0 cm³/mol. The molecule has 0 aliphatic carbocycles. The van der Waals surface area contributed by atoms with Crippen LogP contribution in [0.5, 0.6) is 0 Å².